The summed E-state index contributed by atoms with van der Waals surface area (Å²) in [6.07, 6.45) is 5.16. The van der Waals surface area contributed by atoms with Crippen molar-refractivity contribution in [2.24, 2.45) is 5.92 Å². The Bertz CT molecular complexity index is 444. The molecule has 1 saturated heterocycles. The Hall–Kier alpha value is -1.35. The summed E-state index contributed by atoms with van der Waals surface area (Å²) in [6, 6.07) is 7.78. The van der Waals surface area contributed by atoms with E-state index in [0.717, 1.165) is 31.1 Å². The Morgan fingerprint density at radius 3 is 2.85 bits per heavy atom. The van der Waals surface area contributed by atoms with Crippen molar-refractivity contribution < 1.29 is 9.53 Å². The van der Waals surface area contributed by atoms with E-state index in [1.807, 2.05) is 24.3 Å². The van der Waals surface area contributed by atoms with E-state index in [1.165, 1.54) is 32.8 Å². The van der Waals surface area contributed by atoms with Crippen molar-refractivity contribution in [3.63, 3.8) is 0 Å². The summed E-state index contributed by atoms with van der Waals surface area (Å²) in [7, 11) is 1.44. The standard InChI is InChI=1S/C17H25NO2/c1-3-14-7-6-11-18(12-10-14)13-15-8-4-5-9-16(15)17(19)20-2/h4-5,8-9,14H,3,6-7,10-13H2,1-2H3. The molecule has 3 heteroatoms. The van der Waals surface area contributed by atoms with E-state index in [2.05, 4.69) is 11.8 Å². The Balaban J connectivity index is 2.04. The molecule has 1 heterocycles. The summed E-state index contributed by atoms with van der Waals surface area (Å²) >= 11 is 0. The molecular formula is C17H25NO2. The fourth-order valence-electron chi connectivity index (χ4n) is 3.00. The predicted molar refractivity (Wildman–Crippen MR) is 80.7 cm³/mol. The van der Waals surface area contributed by atoms with Gasteiger partial charge in [-0.3, -0.25) is 4.90 Å². The SMILES string of the molecule is CCC1CCCN(Cc2ccccc2C(=O)OC)CC1. The van der Waals surface area contributed by atoms with Gasteiger partial charge in [-0.25, -0.2) is 4.79 Å². The topological polar surface area (TPSA) is 29.5 Å². The van der Waals surface area contributed by atoms with Gasteiger partial charge in [-0.15, -0.1) is 0 Å². The number of hydrogen-bond acceptors (Lipinski definition) is 3. The van der Waals surface area contributed by atoms with Crippen molar-refractivity contribution in [1.82, 2.24) is 4.90 Å². The van der Waals surface area contributed by atoms with Gasteiger partial charge in [0.2, 0.25) is 0 Å². The van der Waals surface area contributed by atoms with Crippen molar-refractivity contribution in [1.29, 1.82) is 0 Å². The predicted octanol–water partition coefficient (Wildman–Crippen LogP) is 3.49. The van der Waals surface area contributed by atoms with Crippen LogP contribution >= 0.6 is 0 Å². The molecule has 1 aliphatic rings. The molecule has 20 heavy (non-hydrogen) atoms. The Kier molecular flexibility index (Phi) is 5.60. The van der Waals surface area contributed by atoms with E-state index in [-0.39, 0.29) is 5.97 Å². The summed E-state index contributed by atoms with van der Waals surface area (Å²) in [4.78, 5) is 14.3. The molecular weight excluding hydrogens is 250 g/mol. The van der Waals surface area contributed by atoms with Crippen LogP contribution in [0.2, 0.25) is 0 Å². The number of carbonyl (C=O) groups is 1. The largest absolute Gasteiger partial charge is 0.465 e. The van der Waals surface area contributed by atoms with E-state index in [4.69, 9.17) is 4.74 Å². The molecule has 0 bridgehead atoms. The summed E-state index contributed by atoms with van der Waals surface area (Å²) in [5.41, 5.74) is 1.78. The second kappa shape index (κ2) is 7.44. The maximum atomic E-state index is 11.8. The van der Waals surface area contributed by atoms with Crippen LogP contribution in [0.1, 0.15) is 48.5 Å². The molecule has 0 aromatic heterocycles. The quantitative estimate of drug-likeness (QED) is 0.788. The van der Waals surface area contributed by atoms with Gasteiger partial charge in [0.05, 0.1) is 12.7 Å². The van der Waals surface area contributed by atoms with Gasteiger partial charge in [0, 0.05) is 6.54 Å². The molecule has 0 saturated carbocycles. The molecule has 0 radical (unpaired) electrons. The van der Waals surface area contributed by atoms with Gasteiger partial charge in [-0.1, -0.05) is 31.5 Å². The Morgan fingerprint density at radius 2 is 2.10 bits per heavy atom. The first-order valence-corrected chi connectivity index (χ1v) is 7.63. The summed E-state index contributed by atoms with van der Waals surface area (Å²) < 4.78 is 4.87. The Morgan fingerprint density at radius 1 is 1.30 bits per heavy atom. The maximum absolute atomic E-state index is 11.8. The number of esters is 1. The smallest absolute Gasteiger partial charge is 0.338 e. The lowest BCUT2D eigenvalue weighted by Gasteiger charge is -2.21. The number of likely N-dealkylation sites (tertiary alicyclic amines) is 1. The number of carbonyl (C=O) groups excluding carboxylic acids is 1. The zero-order valence-electron chi connectivity index (χ0n) is 12.6. The van der Waals surface area contributed by atoms with Crippen molar-refractivity contribution in [2.45, 2.75) is 39.2 Å². The average molecular weight is 275 g/mol. The van der Waals surface area contributed by atoms with Crippen molar-refractivity contribution in [2.75, 3.05) is 20.2 Å². The maximum Gasteiger partial charge on any atom is 0.338 e. The number of ether oxygens (including phenoxy) is 1. The van der Waals surface area contributed by atoms with Crippen molar-refractivity contribution in [3.05, 3.63) is 35.4 Å². The highest BCUT2D eigenvalue weighted by molar-refractivity contribution is 5.90. The second-order valence-corrected chi connectivity index (χ2v) is 5.63. The van der Waals surface area contributed by atoms with E-state index in [1.54, 1.807) is 0 Å². The molecule has 1 aromatic carbocycles. The summed E-state index contributed by atoms with van der Waals surface area (Å²) in [5.74, 6) is 0.637. The molecule has 1 atom stereocenters. The third-order valence-corrected chi connectivity index (χ3v) is 4.33. The molecule has 0 aliphatic carbocycles. The van der Waals surface area contributed by atoms with Crippen LogP contribution in [0.15, 0.2) is 24.3 Å². The highest BCUT2D eigenvalue weighted by Gasteiger charge is 2.18. The number of nitrogens with zero attached hydrogens (tertiary/aromatic N) is 1. The number of benzene rings is 1. The zero-order chi connectivity index (χ0) is 14.4. The van der Waals surface area contributed by atoms with Gasteiger partial charge >= 0.3 is 5.97 Å². The first-order chi connectivity index (χ1) is 9.74. The highest BCUT2D eigenvalue weighted by Crippen LogP contribution is 2.22. The van der Waals surface area contributed by atoms with Gasteiger partial charge in [0.1, 0.15) is 0 Å². The van der Waals surface area contributed by atoms with E-state index >= 15 is 0 Å². The molecule has 0 amide bonds. The van der Waals surface area contributed by atoms with Crippen LogP contribution in [0.25, 0.3) is 0 Å². The van der Waals surface area contributed by atoms with E-state index < -0.39 is 0 Å². The summed E-state index contributed by atoms with van der Waals surface area (Å²) in [5, 5.41) is 0. The molecule has 3 nitrogen and oxygen atoms in total. The third kappa shape index (κ3) is 3.83. The second-order valence-electron chi connectivity index (χ2n) is 5.63. The first-order valence-electron chi connectivity index (χ1n) is 7.63. The molecule has 1 unspecified atom stereocenters. The molecule has 1 aliphatic heterocycles. The molecule has 1 fully saturated rings. The van der Waals surface area contributed by atoms with Crippen LogP contribution in [-0.4, -0.2) is 31.1 Å². The minimum Gasteiger partial charge on any atom is -0.465 e. The van der Waals surface area contributed by atoms with E-state index in [9.17, 15) is 4.79 Å². The number of methoxy groups -OCH3 is 1. The van der Waals surface area contributed by atoms with Gasteiger partial charge in [-0.05, 0) is 49.9 Å². The normalized spacial score (nSPS) is 20.4. The zero-order valence-corrected chi connectivity index (χ0v) is 12.6. The van der Waals surface area contributed by atoms with Crippen molar-refractivity contribution >= 4 is 5.97 Å². The molecule has 0 N–H and O–H groups in total. The fourth-order valence-corrected chi connectivity index (χ4v) is 3.00. The minimum absolute atomic E-state index is 0.234. The minimum atomic E-state index is -0.234. The van der Waals surface area contributed by atoms with Gasteiger partial charge in [0.25, 0.3) is 0 Å². The monoisotopic (exact) mass is 275 g/mol. The molecule has 2 rings (SSSR count). The number of rotatable bonds is 4. The van der Waals surface area contributed by atoms with Crippen LogP contribution in [0.5, 0.6) is 0 Å². The molecule has 0 spiro atoms. The first kappa shape index (κ1) is 15.0. The van der Waals surface area contributed by atoms with Gasteiger partial charge in [-0.2, -0.15) is 0 Å². The summed E-state index contributed by atoms with van der Waals surface area (Å²) in [6.45, 7) is 5.40. The van der Waals surface area contributed by atoms with Crippen LogP contribution in [0, 0.1) is 5.92 Å². The van der Waals surface area contributed by atoms with Gasteiger partial charge in [0.15, 0.2) is 0 Å². The lowest BCUT2D eigenvalue weighted by Crippen LogP contribution is -2.25. The fraction of sp³-hybridized carbons (Fsp3) is 0.588. The lowest BCUT2D eigenvalue weighted by molar-refractivity contribution is 0.0598. The van der Waals surface area contributed by atoms with Gasteiger partial charge < -0.3 is 4.74 Å². The Labute approximate surface area is 121 Å². The third-order valence-electron chi connectivity index (χ3n) is 4.33. The molecule has 110 valence electrons. The van der Waals surface area contributed by atoms with Crippen LogP contribution in [0.3, 0.4) is 0 Å². The highest BCUT2D eigenvalue weighted by atomic mass is 16.5. The average Bonchev–Trinajstić information content (AvgIpc) is 2.72. The van der Waals surface area contributed by atoms with Crippen molar-refractivity contribution in [3.8, 4) is 0 Å². The van der Waals surface area contributed by atoms with Crippen LogP contribution in [-0.2, 0) is 11.3 Å². The number of hydrogen-bond donors (Lipinski definition) is 0. The van der Waals surface area contributed by atoms with E-state index in [0.29, 0.717) is 5.56 Å². The van der Waals surface area contributed by atoms with Crippen LogP contribution < -0.4 is 0 Å². The lowest BCUT2D eigenvalue weighted by atomic mass is 9.98. The molecule has 1 aromatic rings. The van der Waals surface area contributed by atoms with Crippen LogP contribution in [0.4, 0.5) is 0 Å².